The van der Waals surface area contributed by atoms with E-state index in [0.29, 0.717) is 6.04 Å². The maximum atomic E-state index is 6.30. The molecule has 20 heavy (non-hydrogen) atoms. The summed E-state index contributed by atoms with van der Waals surface area (Å²) < 4.78 is 6.39. The topological polar surface area (TPSA) is 24.5 Å². The highest BCUT2D eigenvalue weighted by molar-refractivity contribution is 9.10. The molecular formula is C15H22BrClN2O. The van der Waals surface area contributed by atoms with Crippen LogP contribution >= 0.6 is 27.5 Å². The van der Waals surface area contributed by atoms with Gasteiger partial charge in [-0.05, 0) is 31.5 Å². The molecule has 1 heterocycles. The first-order valence-corrected chi connectivity index (χ1v) is 8.24. The standard InChI is InChI=1S/C15H22BrClN2O/c1-11(10-19-5-7-20-8-6-19)18-12(2)14-4-3-13(16)9-15(14)17/h3-4,9,11-12,18H,5-8,10H2,1-2H3. The average Bonchev–Trinajstić information content (AvgIpc) is 2.39. The first kappa shape index (κ1) is 16.2. The summed E-state index contributed by atoms with van der Waals surface area (Å²) in [4.78, 5) is 2.44. The minimum absolute atomic E-state index is 0.242. The summed E-state index contributed by atoms with van der Waals surface area (Å²) in [7, 11) is 0. The molecular weight excluding hydrogens is 340 g/mol. The van der Waals surface area contributed by atoms with E-state index < -0.39 is 0 Å². The van der Waals surface area contributed by atoms with Gasteiger partial charge < -0.3 is 10.1 Å². The van der Waals surface area contributed by atoms with Crippen molar-refractivity contribution in [3.63, 3.8) is 0 Å². The number of rotatable bonds is 5. The lowest BCUT2D eigenvalue weighted by Crippen LogP contribution is -2.45. The van der Waals surface area contributed by atoms with Gasteiger partial charge in [0.2, 0.25) is 0 Å². The van der Waals surface area contributed by atoms with Gasteiger partial charge in [0.1, 0.15) is 0 Å². The van der Waals surface area contributed by atoms with E-state index in [1.54, 1.807) is 0 Å². The predicted molar refractivity (Wildman–Crippen MR) is 87.4 cm³/mol. The summed E-state index contributed by atoms with van der Waals surface area (Å²) >= 11 is 9.74. The third-order valence-electron chi connectivity index (χ3n) is 3.60. The number of morpholine rings is 1. The van der Waals surface area contributed by atoms with Crippen molar-refractivity contribution in [2.24, 2.45) is 0 Å². The van der Waals surface area contributed by atoms with Crippen LogP contribution in [0.3, 0.4) is 0 Å². The summed E-state index contributed by atoms with van der Waals surface area (Å²) in [5.41, 5.74) is 1.14. The zero-order valence-electron chi connectivity index (χ0n) is 12.0. The number of hydrogen-bond donors (Lipinski definition) is 1. The van der Waals surface area contributed by atoms with Gasteiger partial charge in [-0.15, -0.1) is 0 Å². The second-order valence-electron chi connectivity index (χ2n) is 5.37. The Kier molecular flexibility index (Phi) is 6.30. The summed E-state index contributed by atoms with van der Waals surface area (Å²) in [6, 6.07) is 6.72. The van der Waals surface area contributed by atoms with Gasteiger partial charge in [-0.25, -0.2) is 0 Å². The largest absolute Gasteiger partial charge is 0.379 e. The van der Waals surface area contributed by atoms with E-state index in [1.165, 1.54) is 0 Å². The van der Waals surface area contributed by atoms with Crippen molar-refractivity contribution in [3.8, 4) is 0 Å². The first-order chi connectivity index (χ1) is 9.56. The molecule has 0 aliphatic carbocycles. The van der Waals surface area contributed by atoms with Crippen molar-refractivity contribution in [2.45, 2.75) is 25.9 Å². The Morgan fingerprint density at radius 3 is 2.70 bits per heavy atom. The van der Waals surface area contributed by atoms with Crippen LogP contribution in [0.25, 0.3) is 0 Å². The molecule has 112 valence electrons. The Labute approximate surface area is 134 Å². The molecule has 1 saturated heterocycles. The number of ether oxygens (including phenoxy) is 1. The van der Waals surface area contributed by atoms with Crippen LogP contribution in [0, 0.1) is 0 Å². The Morgan fingerprint density at radius 1 is 1.35 bits per heavy atom. The van der Waals surface area contributed by atoms with Gasteiger partial charge >= 0.3 is 0 Å². The molecule has 0 radical (unpaired) electrons. The highest BCUT2D eigenvalue weighted by Crippen LogP contribution is 2.26. The normalized spacial score (nSPS) is 19.8. The molecule has 2 atom stereocenters. The fourth-order valence-corrected chi connectivity index (χ4v) is 3.43. The van der Waals surface area contributed by atoms with Gasteiger partial charge in [-0.2, -0.15) is 0 Å². The van der Waals surface area contributed by atoms with Gasteiger partial charge in [0.15, 0.2) is 0 Å². The molecule has 0 saturated carbocycles. The second-order valence-corrected chi connectivity index (χ2v) is 6.69. The van der Waals surface area contributed by atoms with Gasteiger partial charge in [-0.1, -0.05) is 33.6 Å². The third-order valence-corrected chi connectivity index (χ3v) is 4.42. The minimum atomic E-state index is 0.242. The molecule has 1 aliphatic rings. The third kappa shape index (κ3) is 4.71. The van der Waals surface area contributed by atoms with Gasteiger partial charge in [-0.3, -0.25) is 4.90 Å². The maximum absolute atomic E-state index is 6.30. The highest BCUT2D eigenvalue weighted by atomic mass is 79.9. The molecule has 0 bridgehead atoms. The molecule has 0 spiro atoms. The summed E-state index contributed by atoms with van der Waals surface area (Å²) in [5, 5.41) is 4.43. The predicted octanol–water partition coefficient (Wildman–Crippen LogP) is 3.47. The number of halogens is 2. The van der Waals surface area contributed by atoms with Crippen LogP contribution in [-0.4, -0.2) is 43.8 Å². The van der Waals surface area contributed by atoms with Crippen LogP contribution in [0.15, 0.2) is 22.7 Å². The van der Waals surface area contributed by atoms with Crippen molar-refractivity contribution in [3.05, 3.63) is 33.3 Å². The lowest BCUT2D eigenvalue weighted by atomic mass is 10.1. The quantitative estimate of drug-likeness (QED) is 0.869. The summed E-state index contributed by atoms with van der Waals surface area (Å²) in [6.07, 6.45) is 0. The fraction of sp³-hybridized carbons (Fsp3) is 0.600. The van der Waals surface area contributed by atoms with E-state index in [0.717, 1.165) is 47.9 Å². The number of nitrogens with zero attached hydrogens (tertiary/aromatic N) is 1. The van der Waals surface area contributed by atoms with Crippen molar-refractivity contribution in [1.82, 2.24) is 10.2 Å². The SMILES string of the molecule is CC(CN1CCOCC1)NC(C)c1ccc(Br)cc1Cl. The Morgan fingerprint density at radius 2 is 2.05 bits per heavy atom. The molecule has 1 N–H and O–H groups in total. The Bertz CT molecular complexity index is 438. The zero-order valence-corrected chi connectivity index (χ0v) is 14.4. The van der Waals surface area contributed by atoms with Crippen LogP contribution in [0.4, 0.5) is 0 Å². The van der Waals surface area contributed by atoms with Crippen molar-refractivity contribution in [2.75, 3.05) is 32.8 Å². The molecule has 5 heteroatoms. The van der Waals surface area contributed by atoms with Crippen molar-refractivity contribution < 1.29 is 4.74 Å². The van der Waals surface area contributed by atoms with E-state index >= 15 is 0 Å². The monoisotopic (exact) mass is 360 g/mol. The molecule has 1 aliphatic heterocycles. The second kappa shape index (κ2) is 7.76. The lowest BCUT2D eigenvalue weighted by Gasteiger charge is -2.31. The van der Waals surface area contributed by atoms with Crippen LogP contribution in [0.5, 0.6) is 0 Å². The molecule has 0 amide bonds. The van der Waals surface area contributed by atoms with E-state index in [-0.39, 0.29) is 6.04 Å². The molecule has 2 unspecified atom stereocenters. The molecule has 0 aromatic heterocycles. The van der Waals surface area contributed by atoms with Crippen LogP contribution in [-0.2, 0) is 4.74 Å². The number of nitrogens with one attached hydrogen (secondary N) is 1. The number of benzene rings is 1. The maximum Gasteiger partial charge on any atom is 0.0594 e. The smallest absolute Gasteiger partial charge is 0.0594 e. The molecule has 2 rings (SSSR count). The van der Waals surface area contributed by atoms with E-state index in [1.807, 2.05) is 12.1 Å². The first-order valence-electron chi connectivity index (χ1n) is 7.07. The van der Waals surface area contributed by atoms with Crippen molar-refractivity contribution >= 4 is 27.5 Å². The van der Waals surface area contributed by atoms with Crippen LogP contribution in [0.1, 0.15) is 25.5 Å². The molecule has 3 nitrogen and oxygen atoms in total. The fourth-order valence-electron chi connectivity index (χ4n) is 2.59. The van der Waals surface area contributed by atoms with Gasteiger partial charge in [0.05, 0.1) is 13.2 Å². The van der Waals surface area contributed by atoms with Gasteiger partial charge in [0, 0.05) is 41.2 Å². The average molecular weight is 362 g/mol. The van der Waals surface area contributed by atoms with Crippen molar-refractivity contribution in [1.29, 1.82) is 0 Å². The van der Waals surface area contributed by atoms with E-state index in [9.17, 15) is 0 Å². The van der Waals surface area contributed by atoms with Gasteiger partial charge in [0.25, 0.3) is 0 Å². The van der Waals surface area contributed by atoms with Crippen LogP contribution in [0.2, 0.25) is 5.02 Å². The van der Waals surface area contributed by atoms with Crippen LogP contribution < -0.4 is 5.32 Å². The molecule has 1 fully saturated rings. The molecule has 1 aromatic carbocycles. The highest BCUT2D eigenvalue weighted by Gasteiger charge is 2.16. The Balaban J connectivity index is 1.87. The lowest BCUT2D eigenvalue weighted by molar-refractivity contribution is 0.0339. The van der Waals surface area contributed by atoms with E-state index in [2.05, 4.69) is 46.1 Å². The van der Waals surface area contributed by atoms with E-state index in [4.69, 9.17) is 16.3 Å². The zero-order chi connectivity index (χ0) is 14.5. The summed E-state index contributed by atoms with van der Waals surface area (Å²) in [6.45, 7) is 9.17. The Hall–Kier alpha value is -0.130. The number of hydrogen-bond acceptors (Lipinski definition) is 3. The molecule has 1 aromatic rings. The minimum Gasteiger partial charge on any atom is -0.379 e. The summed E-state index contributed by atoms with van der Waals surface area (Å²) in [5.74, 6) is 0.